The number of ether oxygens (including phenoxy) is 1. The fraction of sp³-hybridized carbons (Fsp3) is 0.125. The van der Waals surface area contributed by atoms with Gasteiger partial charge in [-0.05, 0) is 57.3 Å². The molecule has 0 aliphatic rings. The lowest BCUT2D eigenvalue weighted by molar-refractivity contribution is -0.119. The van der Waals surface area contributed by atoms with Crippen LogP contribution in [-0.2, 0) is 4.79 Å². The van der Waals surface area contributed by atoms with E-state index in [1.807, 2.05) is 0 Å². The molecule has 0 aliphatic carbocycles. The van der Waals surface area contributed by atoms with Crippen LogP contribution in [0.2, 0.25) is 5.02 Å². The van der Waals surface area contributed by atoms with E-state index in [2.05, 4.69) is 45.2 Å². The van der Waals surface area contributed by atoms with Gasteiger partial charge in [0.1, 0.15) is 5.75 Å². The highest BCUT2D eigenvalue weighted by Gasteiger charge is 2.08. The van der Waals surface area contributed by atoms with Crippen LogP contribution in [0.3, 0.4) is 0 Å². The van der Waals surface area contributed by atoms with Gasteiger partial charge in [0.2, 0.25) is 0 Å². The van der Waals surface area contributed by atoms with Gasteiger partial charge < -0.3 is 10.5 Å². The van der Waals surface area contributed by atoms with Crippen LogP contribution in [0.1, 0.15) is 0 Å². The van der Waals surface area contributed by atoms with Crippen molar-refractivity contribution in [3.8, 4) is 5.75 Å². The van der Waals surface area contributed by atoms with Crippen LogP contribution in [0.4, 0.5) is 0 Å². The van der Waals surface area contributed by atoms with Crippen molar-refractivity contribution in [2.24, 2.45) is 5.73 Å². The predicted molar refractivity (Wildman–Crippen MR) is 71.6 cm³/mol. The van der Waals surface area contributed by atoms with E-state index in [4.69, 9.17) is 22.1 Å². The van der Waals surface area contributed by atoms with Crippen LogP contribution < -0.4 is 10.5 Å². The molecule has 14 heavy (non-hydrogen) atoms. The third kappa shape index (κ3) is 3.43. The van der Waals surface area contributed by atoms with E-state index < -0.39 is 5.91 Å². The van der Waals surface area contributed by atoms with Crippen LogP contribution in [0.5, 0.6) is 5.75 Å². The van der Waals surface area contributed by atoms with Crippen LogP contribution in [-0.4, -0.2) is 12.5 Å². The molecule has 3 nitrogen and oxygen atoms in total. The average Bonchev–Trinajstić information content (AvgIpc) is 2.01. The number of halogens is 3. The molecule has 0 heterocycles. The van der Waals surface area contributed by atoms with Gasteiger partial charge in [-0.1, -0.05) is 11.6 Å². The van der Waals surface area contributed by atoms with Crippen LogP contribution in [0, 0.1) is 7.14 Å². The Morgan fingerprint density at radius 1 is 1.43 bits per heavy atom. The normalized spacial score (nSPS) is 9.93. The zero-order valence-electron chi connectivity index (χ0n) is 6.89. The van der Waals surface area contributed by atoms with Crippen molar-refractivity contribution in [1.82, 2.24) is 0 Å². The number of rotatable bonds is 3. The van der Waals surface area contributed by atoms with E-state index in [-0.39, 0.29) is 6.61 Å². The molecule has 2 N–H and O–H groups in total. The maximum atomic E-state index is 10.5. The van der Waals surface area contributed by atoms with Crippen molar-refractivity contribution in [2.45, 2.75) is 0 Å². The van der Waals surface area contributed by atoms with Crippen molar-refractivity contribution >= 4 is 62.7 Å². The summed E-state index contributed by atoms with van der Waals surface area (Å²) in [6.45, 7) is -0.117. The highest BCUT2D eigenvalue weighted by Crippen LogP contribution is 2.30. The summed E-state index contributed by atoms with van der Waals surface area (Å²) in [5, 5.41) is 0.644. The van der Waals surface area contributed by atoms with E-state index in [1.54, 1.807) is 12.1 Å². The van der Waals surface area contributed by atoms with E-state index in [9.17, 15) is 4.79 Å². The van der Waals surface area contributed by atoms with Gasteiger partial charge in [0.25, 0.3) is 5.91 Å². The molecule has 0 aromatic heterocycles. The van der Waals surface area contributed by atoms with Crippen molar-refractivity contribution in [2.75, 3.05) is 6.61 Å². The van der Waals surface area contributed by atoms with E-state index >= 15 is 0 Å². The first-order chi connectivity index (χ1) is 6.50. The van der Waals surface area contributed by atoms with Gasteiger partial charge in [-0.25, -0.2) is 0 Å². The molecule has 0 spiro atoms. The van der Waals surface area contributed by atoms with Gasteiger partial charge in [-0.2, -0.15) is 0 Å². The Morgan fingerprint density at radius 2 is 1.93 bits per heavy atom. The molecule has 1 aromatic rings. The zero-order valence-corrected chi connectivity index (χ0v) is 12.0. The third-order valence-electron chi connectivity index (χ3n) is 1.32. The first kappa shape index (κ1) is 12.3. The van der Waals surface area contributed by atoms with Crippen molar-refractivity contribution in [3.63, 3.8) is 0 Å². The molecule has 0 saturated carbocycles. The Kier molecular flexibility index (Phi) is 4.71. The van der Waals surface area contributed by atoms with Gasteiger partial charge in [0, 0.05) is 5.02 Å². The first-order valence-corrected chi connectivity index (χ1v) is 6.10. The standard InChI is InChI=1S/C8H6ClI2NO2/c9-4-1-5(10)8(6(11)2-4)14-3-7(12)13/h1-2H,3H2,(H2,12,13). The lowest BCUT2D eigenvalue weighted by Crippen LogP contribution is -2.20. The molecule has 76 valence electrons. The van der Waals surface area contributed by atoms with Gasteiger partial charge >= 0.3 is 0 Å². The van der Waals surface area contributed by atoms with Gasteiger partial charge in [0.05, 0.1) is 7.14 Å². The SMILES string of the molecule is NC(=O)COc1c(I)cc(Cl)cc1I. The van der Waals surface area contributed by atoms with Crippen molar-refractivity contribution < 1.29 is 9.53 Å². The molecule has 0 atom stereocenters. The van der Waals surface area contributed by atoms with E-state index in [1.165, 1.54) is 0 Å². The summed E-state index contributed by atoms with van der Waals surface area (Å²) in [4.78, 5) is 10.5. The molecule has 1 amide bonds. The quantitative estimate of drug-likeness (QED) is 0.739. The molecule has 6 heteroatoms. The summed E-state index contributed by atoms with van der Waals surface area (Å²) in [6.07, 6.45) is 0. The zero-order chi connectivity index (χ0) is 10.7. The Hall–Kier alpha value is 0.240. The highest BCUT2D eigenvalue weighted by molar-refractivity contribution is 14.1. The Morgan fingerprint density at radius 3 is 2.36 bits per heavy atom. The number of hydrogen-bond donors (Lipinski definition) is 1. The summed E-state index contributed by atoms with van der Waals surface area (Å²) < 4.78 is 6.96. The number of carbonyl (C=O) groups is 1. The van der Waals surface area contributed by atoms with Crippen molar-refractivity contribution in [1.29, 1.82) is 0 Å². The molecule has 1 rings (SSSR count). The van der Waals surface area contributed by atoms with E-state index in [0.717, 1.165) is 7.14 Å². The summed E-state index contributed by atoms with van der Waals surface area (Å²) in [5.41, 5.74) is 4.98. The second-order valence-corrected chi connectivity index (χ2v) is 5.21. The molecule has 0 fully saturated rings. The smallest absolute Gasteiger partial charge is 0.255 e. The molecule has 1 aromatic carbocycles. The largest absolute Gasteiger partial charge is 0.482 e. The minimum absolute atomic E-state index is 0.117. The number of primary amides is 1. The molecule has 0 radical (unpaired) electrons. The fourth-order valence-corrected chi connectivity index (χ4v) is 3.48. The summed E-state index contributed by atoms with van der Waals surface area (Å²) >= 11 is 10.0. The van der Waals surface area contributed by atoms with E-state index in [0.29, 0.717) is 10.8 Å². The predicted octanol–water partition coefficient (Wildman–Crippen LogP) is 2.41. The summed E-state index contributed by atoms with van der Waals surface area (Å²) in [6, 6.07) is 3.53. The topological polar surface area (TPSA) is 52.3 Å². The Labute approximate surface area is 114 Å². The Bertz CT molecular complexity index is 347. The number of benzene rings is 1. The maximum absolute atomic E-state index is 10.5. The molecule has 0 aliphatic heterocycles. The minimum atomic E-state index is -0.494. The van der Waals surface area contributed by atoms with Gasteiger partial charge in [0.15, 0.2) is 6.61 Å². The average molecular weight is 437 g/mol. The maximum Gasteiger partial charge on any atom is 0.255 e. The minimum Gasteiger partial charge on any atom is -0.482 e. The van der Waals surface area contributed by atoms with Crippen LogP contribution in [0.25, 0.3) is 0 Å². The van der Waals surface area contributed by atoms with Gasteiger partial charge in [-0.15, -0.1) is 0 Å². The molecule has 0 saturated heterocycles. The number of hydrogen-bond acceptors (Lipinski definition) is 2. The van der Waals surface area contributed by atoms with Crippen molar-refractivity contribution in [3.05, 3.63) is 24.3 Å². The monoisotopic (exact) mass is 437 g/mol. The Balaban J connectivity index is 2.91. The lowest BCUT2D eigenvalue weighted by Gasteiger charge is -2.08. The first-order valence-electron chi connectivity index (χ1n) is 3.56. The highest BCUT2D eigenvalue weighted by atomic mass is 127. The number of carbonyl (C=O) groups excluding carboxylic acids is 1. The lowest BCUT2D eigenvalue weighted by atomic mass is 10.3. The number of nitrogens with two attached hydrogens (primary N) is 1. The summed E-state index contributed by atoms with van der Waals surface area (Å²) in [7, 11) is 0. The molecule has 0 bridgehead atoms. The van der Waals surface area contributed by atoms with Crippen LogP contribution in [0.15, 0.2) is 12.1 Å². The molecular formula is C8H6ClI2NO2. The second kappa shape index (κ2) is 5.36. The van der Waals surface area contributed by atoms with Crippen LogP contribution >= 0.6 is 56.8 Å². The fourth-order valence-electron chi connectivity index (χ4n) is 0.810. The molecular weight excluding hydrogens is 431 g/mol. The summed E-state index contributed by atoms with van der Waals surface area (Å²) in [5.74, 6) is 0.154. The third-order valence-corrected chi connectivity index (χ3v) is 3.14. The van der Waals surface area contributed by atoms with Gasteiger partial charge in [-0.3, -0.25) is 4.79 Å². The second-order valence-electron chi connectivity index (χ2n) is 2.45. The molecule has 0 unspecified atom stereocenters. The number of amides is 1.